The molecular formula is C33H54N2O5. The van der Waals surface area contributed by atoms with Crippen LogP contribution in [0.3, 0.4) is 0 Å². The molecule has 0 aromatic rings. The van der Waals surface area contributed by atoms with Crippen molar-refractivity contribution in [2.75, 3.05) is 26.2 Å². The molecule has 7 heteroatoms. The maximum absolute atomic E-state index is 12.9. The zero-order valence-corrected chi connectivity index (χ0v) is 25.5. The second-order valence-electron chi connectivity index (χ2n) is 15.0. The first kappa shape index (κ1) is 28.9. The number of hydrogen-bond acceptors (Lipinski definition) is 7. The summed E-state index contributed by atoms with van der Waals surface area (Å²) in [6.45, 7) is 12.2. The number of piperidine rings is 2. The summed E-state index contributed by atoms with van der Waals surface area (Å²) in [5.74, 6) is 1.06. The molecule has 40 heavy (non-hydrogen) atoms. The summed E-state index contributed by atoms with van der Waals surface area (Å²) >= 11 is 0. The molecule has 7 nitrogen and oxygen atoms in total. The molecule has 6 fully saturated rings. The maximum atomic E-state index is 12.9. The summed E-state index contributed by atoms with van der Waals surface area (Å²) in [6, 6.07) is 0.390. The molecule has 0 spiro atoms. The molecule has 0 aromatic heterocycles. The van der Waals surface area contributed by atoms with Gasteiger partial charge in [0.05, 0.1) is 5.60 Å². The molecule has 0 aromatic carbocycles. The van der Waals surface area contributed by atoms with Gasteiger partial charge in [0, 0.05) is 43.2 Å². The van der Waals surface area contributed by atoms with Gasteiger partial charge in [0.1, 0.15) is 12.2 Å². The lowest BCUT2D eigenvalue weighted by molar-refractivity contribution is -0.255. The first-order valence-electron chi connectivity index (χ1n) is 16.6. The van der Waals surface area contributed by atoms with E-state index in [4.69, 9.17) is 9.47 Å². The molecule has 0 radical (unpaired) electrons. The van der Waals surface area contributed by atoms with Crippen LogP contribution in [0.25, 0.3) is 0 Å². The molecule has 5 unspecified atom stereocenters. The van der Waals surface area contributed by atoms with Gasteiger partial charge in [-0.2, -0.15) is 0 Å². The van der Waals surface area contributed by atoms with Crippen molar-refractivity contribution in [2.45, 2.75) is 141 Å². The van der Waals surface area contributed by atoms with E-state index in [1.807, 2.05) is 0 Å². The molecule has 4 saturated carbocycles. The van der Waals surface area contributed by atoms with Crippen LogP contribution < -0.4 is 0 Å². The molecule has 6 rings (SSSR count). The quantitative estimate of drug-likeness (QED) is 0.490. The van der Waals surface area contributed by atoms with E-state index in [2.05, 4.69) is 23.6 Å². The third kappa shape index (κ3) is 4.65. The van der Waals surface area contributed by atoms with Crippen LogP contribution in [-0.2, 0) is 19.1 Å². The monoisotopic (exact) mass is 558 g/mol. The van der Waals surface area contributed by atoms with Gasteiger partial charge in [0.25, 0.3) is 0 Å². The molecule has 2 heterocycles. The van der Waals surface area contributed by atoms with Crippen LogP contribution in [0.15, 0.2) is 0 Å². The van der Waals surface area contributed by atoms with Crippen LogP contribution in [0.2, 0.25) is 0 Å². The standard InChI is InChI=1S/C33H54N2O5/c1-22(36)39-24-11-14-32(4)26-12-13-31(3)27(20-28(30(31)40-23(2)37)34-15-7-5-8-16-34)25(26)19-29(33(32,38)21-24)35-17-9-6-10-18-35/h24-30,38H,5-21H2,1-4H3/t24?,25-,26-,27+,28?,29?,30?,31+,32-,33?/m1/s1. The highest BCUT2D eigenvalue weighted by Crippen LogP contribution is 2.68. The SMILES string of the molecule is CC(=O)OC1CC[C@]2(C)[C@@H]3CC[C@]4(C)C(OC(C)=O)C(N5CCCCC5)C[C@H]4[C@@H]3CC(N3CCCCC3)C2(O)C1. The number of likely N-dealkylation sites (tertiary alicyclic amines) is 2. The van der Waals surface area contributed by atoms with Gasteiger partial charge in [0.15, 0.2) is 0 Å². The molecule has 10 atom stereocenters. The van der Waals surface area contributed by atoms with Gasteiger partial charge < -0.3 is 14.6 Å². The first-order chi connectivity index (χ1) is 19.1. The largest absolute Gasteiger partial charge is 0.462 e. The lowest BCUT2D eigenvalue weighted by Gasteiger charge is -2.67. The Morgan fingerprint density at radius 1 is 0.775 bits per heavy atom. The van der Waals surface area contributed by atoms with Gasteiger partial charge in [0.2, 0.25) is 0 Å². The molecule has 226 valence electrons. The number of rotatable bonds is 4. The normalized spacial score (nSPS) is 48.0. The van der Waals surface area contributed by atoms with E-state index >= 15 is 0 Å². The second kappa shape index (κ2) is 10.8. The Morgan fingerprint density at radius 2 is 1.40 bits per heavy atom. The first-order valence-corrected chi connectivity index (χ1v) is 16.6. The summed E-state index contributed by atoms with van der Waals surface area (Å²) in [6.07, 6.45) is 13.7. The topological polar surface area (TPSA) is 79.3 Å². The fourth-order valence-corrected chi connectivity index (χ4v) is 11.2. The summed E-state index contributed by atoms with van der Waals surface area (Å²) in [7, 11) is 0. The highest BCUT2D eigenvalue weighted by atomic mass is 16.5. The minimum Gasteiger partial charge on any atom is -0.462 e. The van der Waals surface area contributed by atoms with Crippen molar-refractivity contribution in [1.82, 2.24) is 9.80 Å². The summed E-state index contributed by atoms with van der Waals surface area (Å²) in [4.78, 5) is 29.7. The van der Waals surface area contributed by atoms with Crippen LogP contribution in [0.1, 0.15) is 111 Å². The van der Waals surface area contributed by atoms with Crippen LogP contribution in [-0.4, -0.2) is 82.9 Å². The summed E-state index contributed by atoms with van der Waals surface area (Å²) in [5, 5.41) is 12.9. The van der Waals surface area contributed by atoms with Crippen molar-refractivity contribution in [1.29, 1.82) is 0 Å². The van der Waals surface area contributed by atoms with E-state index in [1.165, 1.54) is 45.4 Å². The number of carbonyl (C=O) groups excluding carboxylic acids is 2. The number of ether oxygens (including phenoxy) is 2. The van der Waals surface area contributed by atoms with E-state index in [1.54, 1.807) is 6.92 Å². The lowest BCUT2D eigenvalue weighted by Crippen LogP contribution is -2.72. The van der Waals surface area contributed by atoms with Crippen LogP contribution in [0, 0.1) is 28.6 Å². The Bertz CT molecular complexity index is 962. The van der Waals surface area contributed by atoms with E-state index in [0.717, 1.165) is 64.7 Å². The Morgan fingerprint density at radius 3 is 2.02 bits per heavy atom. The average Bonchev–Trinajstić information content (AvgIpc) is 3.21. The van der Waals surface area contributed by atoms with Crippen molar-refractivity contribution < 1.29 is 24.2 Å². The van der Waals surface area contributed by atoms with E-state index in [9.17, 15) is 14.7 Å². The average molecular weight is 559 g/mol. The second-order valence-corrected chi connectivity index (χ2v) is 15.0. The molecule has 1 N–H and O–H groups in total. The predicted octanol–water partition coefficient (Wildman–Crippen LogP) is 4.94. The number of carbonyl (C=O) groups is 2. The molecular weight excluding hydrogens is 504 g/mol. The highest BCUT2D eigenvalue weighted by Gasteiger charge is 2.70. The van der Waals surface area contributed by atoms with Crippen LogP contribution in [0.4, 0.5) is 0 Å². The van der Waals surface area contributed by atoms with Crippen molar-refractivity contribution in [3.63, 3.8) is 0 Å². The molecule has 4 aliphatic carbocycles. The molecule has 0 amide bonds. The number of aliphatic hydroxyl groups is 1. The van der Waals surface area contributed by atoms with E-state index in [-0.39, 0.29) is 41.0 Å². The van der Waals surface area contributed by atoms with Crippen LogP contribution >= 0.6 is 0 Å². The molecule has 0 bridgehead atoms. The highest BCUT2D eigenvalue weighted by molar-refractivity contribution is 5.66. The van der Waals surface area contributed by atoms with Gasteiger partial charge in [-0.15, -0.1) is 0 Å². The Kier molecular flexibility index (Phi) is 7.83. The van der Waals surface area contributed by atoms with Crippen molar-refractivity contribution >= 4 is 11.9 Å². The fourth-order valence-electron chi connectivity index (χ4n) is 11.2. The van der Waals surface area contributed by atoms with Gasteiger partial charge >= 0.3 is 11.9 Å². The minimum absolute atomic E-state index is 0.0256. The zero-order chi connectivity index (χ0) is 28.3. The van der Waals surface area contributed by atoms with Crippen LogP contribution in [0.5, 0.6) is 0 Å². The molecule has 2 saturated heterocycles. The van der Waals surface area contributed by atoms with Gasteiger partial charge in [-0.1, -0.05) is 26.7 Å². The number of fused-ring (bicyclic) bond motifs is 5. The molecule has 6 aliphatic rings. The number of hydrogen-bond donors (Lipinski definition) is 1. The summed E-state index contributed by atoms with van der Waals surface area (Å²) in [5.41, 5.74) is -1.10. The third-order valence-corrected chi connectivity index (χ3v) is 13.1. The Labute approximate surface area is 241 Å². The van der Waals surface area contributed by atoms with Gasteiger partial charge in [-0.05, 0) is 108 Å². The van der Waals surface area contributed by atoms with Gasteiger partial charge in [-0.3, -0.25) is 19.4 Å². The zero-order valence-electron chi connectivity index (χ0n) is 25.5. The Hall–Kier alpha value is -1.18. The number of esters is 2. The smallest absolute Gasteiger partial charge is 0.302 e. The number of nitrogens with zero attached hydrogens (tertiary/aromatic N) is 2. The van der Waals surface area contributed by atoms with Gasteiger partial charge in [-0.25, -0.2) is 0 Å². The lowest BCUT2D eigenvalue weighted by atomic mass is 9.42. The third-order valence-electron chi connectivity index (χ3n) is 13.1. The van der Waals surface area contributed by atoms with Crippen molar-refractivity contribution in [2.24, 2.45) is 28.6 Å². The minimum atomic E-state index is -0.863. The van der Waals surface area contributed by atoms with Crippen molar-refractivity contribution in [3.05, 3.63) is 0 Å². The van der Waals surface area contributed by atoms with Crippen molar-refractivity contribution in [3.8, 4) is 0 Å². The van der Waals surface area contributed by atoms with E-state index in [0.29, 0.717) is 30.2 Å². The predicted molar refractivity (Wildman–Crippen MR) is 153 cm³/mol. The van der Waals surface area contributed by atoms with E-state index < -0.39 is 5.60 Å². The fraction of sp³-hybridized carbons (Fsp3) is 0.939. The molecule has 2 aliphatic heterocycles. The maximum Gasteiger partial charge on any atom is 0.302 e. The Balaban J connectivity index is 1.36. The summed E-state index contributed by atoms with van der Waals surface area (Å²) < 4.78 is 12.1.